The number of morpholine rings is 2. The van der Waals surface area contributed by atoms with E-state index >= 15 is 0 Å². The highest BCUT2D eigenvalue weighted by molar-refractivity contribution is 5.89. The molecule has 1 atom stereocenters. The molecule has 3 saturated heterocycles. The molecule has 3 aliphatic rings. The van der Waals surface area contributed by atoms with E-state index < -0.39 is 0 Å². The summed E-state index contributed by atoms with van der Waals surface area (Å²) in [6.07, 6.45) is 2.00. The number of nitrogens with zero attached hydrogens (tertiary/aromatic N) is 3. The van der Waals surface area contributed by atoms with Crippen LogP contribution in [0.25, 0.3) is 0 Å². The maximum absolute atomic E-state index is 12.9. The van der Waals surface area contributed by atoms with Crippen molar-refractivity contribution in [1.82, 2.24) is 9.80 Å². The number of hydrogen-bond acceptors (Lipinski definition) is 5. The summed E-state index contributed by atoms with van der Waals surface area (Å²) in [5.41, 5.74) is 2.16. The Labute approximate surface area is 166 Å². The van der Waals surface area contributed by atoms with E-state index in [1.54, 1.807) is 4.90 Å². The fourth-order valence-corrected chi connectivity index (χ4v) is 4.24. The van der Waals surface area contributed by atoms with Crippen molar-refractivity contribution in [3.8, 4) is 0 Å². The molecule has 4 rings (SSSR count). The minimum Gasteiger partial charge on any atom is -0.378 e. The van der Waals surface area contributed by atoms with Crippen LogP contribution < -0.4 is 4.90 Å². The Bertz CT molecular complexity index is 681. The van der Waals surface area contributed by atoms with E-state index in [1.807, 2.05) is 17.0 Å². The number of carbonyl (C=O) groups excluding carboxylic acids is 2. The topological polar surface area (TPSA) is 62.3 Å². The van der Waals surface area contributed by atoms with Crippen LogP contribution in [0.4, 0.5) is 5.69 Å². The first-order chi connectivity index (χ1) is 13.7. The van der Waals surface area contributed by atoms with Gasteiger partial charge in [0.15, 0.2) is 0 Å². The Hall–Kier alpha value is -2.12. The van der Waals surface area contributed by atoms with Gasteiger partial charge in [0.05, 0.1) is 32.8 Å². The molecule has 152 valence electrons. The van der Waals surface area contributed by atoms with Gasteiger partial charge in [-0.05, 0) is 30.5 Å². The van der Waals surface area contributed by atoms with E-state index in [9.17, 15) is 9.59 Å². The Morgan fingerprint density at radius 2 is 1.54 bits per heavy atom. The first-order valence-corrected chi connectivity index (χ1v) is 10.3. The zero-order valence-corrected chi connectivity index (χ0v) is 16.3. The quantitative estimate of drug-likeness (QED) is 0.769. The van der Waals surface area contributed by atoms with E-state index in [4.69, 9.17) is 9.47 Å². The summed E-state index contributed by atoms with van der Waals surface area (Å²) in [5.74, 6) is 0.125. The van der Waals surface area contributed by atoms with Gasteiger partial charge in [0.25, 0.3) is 0 Å². The van der Waals surface area contributed by atoms with Gasteiger partial charge in [-0.2, -0.15) is 0 Å². The van der Waals surface area contributed by atoms with Crippen LogP contribution in [0.3, 0.4) is 0 Å². The minimum atomic E-state index is -0.307. The van der Waals surface area contributed by atoms with Crippen molar-refractivity contribution in [3.05, 3.63) is 29.8 Å². The first kappa shape index (κ1) is 19.2. The number of amides is 2. The SMILES string of the molecule is O=C(C1CCCN1C(=O)Cc1ccc(N2CCOCC2)cc1)N1CCOCC1. The van der Waals surface area contributed by atoms with Gasteiger partial charge >= 0.3 is 0 Å². The van der Waals surface area contributed by atoms with E-state index in [2.05, 4.69) is 17.0 Å². The summed E-state index contributed by atoms with van der Waals surface area (Å²) in [4.78, 5) is 31.7. The summed E-state index contributed by atoms with van der Waals surface area (Å²) >= 11 is 0. The van der Waals surface area contributed by atoms with Crippen LogP contribution in [0, 0.1) is 0 Å². The maximum Gasteiger partial charge on any atom is 0.245 e. The predicted molar refractivity (Wildman–Crippen MR) is 105 cm³/mol. The highest BCUT2D eigenvalue weighted by Gasteiger charge is 2.36. The van der Waals surface area contributed by atoms with E-state index in [0.29, 0.717) is 39.3 Å². The van der Waals surface area contributed by atoms with Gasteiger partial charge in [0.2, 0.25) is 11.8 Å². The summed E-state index contributed by atoms with van der Waals surface area (Å²) in [7, 11) is 0. The third kappa shape index (κ3) is 4.31. The summed E-state index contributed by atoms with van der Waals surface area (Å²) in [6, 6.07) is 7.90. The van der Waals surface area contributed by atoms with Crippen LogP contribution in [0.5, 0.6) is 0 Å². The molecule has 1 aromatic rings. The van der Waals surface area contributed by atoms with Crippen molar-refractivity contribution >= 4 is 17.5 Å². The van der Waals surface area contributed by atoms with Crippen molar-refractivity contribution in [3.63, 3.8) is 0 Å². The average molecular weight is 387 g/mol. The lowest BCUT2D eigenvalue weighted by Crippen LogP contribution is -2.51. The number of benzene rings is 1. The van der Waals surface area contributed by atoms with Gasteiger partial charge in [0, 0.05) is 38.4 Å². The molecule has 28 heavy (non-hydrogen) atoms. The normalized spacial score (nSPS) is 23.1. The molecule has 3 aliphatic heterocycles. The standard InChI is InChI=1S/C21H29N3O4/c25-20(16-17-3-5-18(6-4-17)22-8-12-27-13-9-22)24-7-1-2-19(24)21(26)23-10-14-28-15-11-23/h3-6,19H,1-2,7-16H2. The molecule has 7 nitrogen and oxygen atoms in total. The van der Waals surface area contributed by atoms with Crippen LogP contribution in [-0.2, 0) is 25.5 Å². The first-order valence-electron chi connectivity index (χ1n) is 10.3. The summed E-state index contributed by atoms with van der Waals surface area (Å²) < 4.78 is 10.7. The average Bonchev–Trinajstić information content (AvgIpc) is 3.25. The third-order valence-electron chi connectivity index (χ3n) is 5.85. The Kier molecular flexibility index (Phi) is 6.12. The second-order valence-electron chi connectivity index (χ2n) is 7.63. The molecular formula is C21H29N3O4. The molecule has 2 amide bonds. The largest absolute Gasteiger partial charge is 0.378 e. The zero-order chi connectivity index (χ0) is 19.3. The second kappa shape index (κ2) is 8.92. The molecule has 0 N–H and O–H groups in total. The van der Waals surface area contributed by atoms with E-state index in [1.165, 1.54) is 5.69 Å². The van der Waals surface area contributed by atoms with Crippen LogP contribution in [-0.4, -0.2) is 86.8 Å². The van der Waals surface area contributed by atoms with Gasteiger partial charge in [-0.1, -0.05) is 12.1 Å². The van der Waals surface area contributed by atoms with Gasteiger partial charge in [-0.15, -0.1) is 0 Å². The lowest BCUT2D eigenvalue weighted by Gasteiger charge is -2.32. The van der Waals surface area contributed by atoms with Gasteiger partial charge in [0.1, 0.15) is 6.04 Å². The highest BCUT2D eigenvalue weighted by atomic mass is 16.5. The van der Waals surface area contributed by atoms with Gasteiger partial charge in [-0.3, -0.25) is 9.59 Å². The van der Waals surface area contributed by atoms with Crippen LogP contribution >= 0.6 is 0 Å². The molecule has 0 radical (unpaired) electrons. The fraction of sp³-hybridized carbons (Fsp3) is 0.619. The molecule has 1 aromatic carbocycles. The number of anilines is 1. The van der Waals surface area contributed by atoms with E-state index in [-0.39, 0.29) is 17.9 Å². The summed E-state index contributed by atoms with van der Waals surface area (Å²) in [6.45, 7) is 6.41. The second-order valence-corrected chi connectivity index (χ2v) is 7.63. The van der Waals surface area contributed by atoms with Crippen molar-refractivity contribution in [2.75, 3.05) is 64.1 Å². The highest BCUT2D eigenvalue weighted by Crippen LogP contribution is 2.22. The van der Waals surface area contributed by atoms with E-state index in [0.717, 1.165) is 44.7 Å². The minimum absolute atomic E-state index is 0.0447. The predicted octanol–water partition coefficient (Wildman–Crippen LogP) is 0.916. The number of hydrogen-bond donors (Lipinski definition) is 0. The molecule has 0 aromatic heterocycles. The molecule has 7 heteroatoms. The molecule has 0 bridgehead atoms. The number of carbonyl (C=O) groups is 2. The molecule has 1 unspecified atom stereocenters. The molecular weight excluding hydrogens is 358 g/mol. The van der Waals surface area contributed by atoms with Crippen LogP contribution in [0.1, 0.15) is 18.4 Å². The number of ether oxygens (including phenoxy) is 2. The van der Waals surface area contributed by atoms with Crippen molar-refractivity contribution in [2.24, 2.45) is 0 Å². The fourth-order valence-electron chi connectivity index (χ4n) is 4.24. The third-order valence-corrected chi connectivity index (χ3v) is 5.85. The van der Waals surface area contributed by atoms with Crippen LogP contribution in [0.15, 0.2) is 24.3 Å². The summed E-state index contributed by atoms with van der Waals surface area (Å²) in [5, 5.41) is 0. The van der Waals surface area contributed by atoms with Crippen molar-refractivity contribution in [1.29, 1.82) is 0 Å². The Morgan fingerprint density at radius 1 is 0.893 bits per heavy atom. The smallest absolute Gasteiger partial charge is 0.245 e. The van der Waals surface area contributed by atoms with Gasteiger partial charge < -0.3 is 24.2 Å². The van der Waals surface area contributed by atoms with Crippen molar-refractivity contribution in [2.45, 2.75) is 25.3 Å². The maximum atomic E-state index is 12.9. The molecule has 0 spiro atoms. The molecule has 0 saturated carbocycles. The Morgan fingerprint density at radius 3 is 2.21 bits per heavy atom. The zero-order valence-electron chi connectivity index (χ0n) is 16.3. The molecule has 0 aliphatic carbocycles. The van der Waals surface area contributed by atoms with Crippen molar-refractivity contribution < 1.29 is 19.1 Å². The lowest BCUT2D eigenvalue weighted by atomic mass is 10.1. The molecule has 3 heterocycles. The van der Waals surface area contributed by atoms with Gasteiger partial charge in [-0.25, -0.2) is 0 Å². The van der Waals surface area contributed by atoms with Crippen LogP contribution in [0.2, 0.25) is 0 Å². The monoisotopic (exact) mass is 387 g/mol. The Balaban J connectivity index is 1.36. The number of rotatable bonds is 4. The lowest BCUT2D eigenvalue weighted by molar-refractivity contribution is -0.146. The number of likely N-dealkylation sites (tertiary alicyclic amines) is 1. The molecule has 3 fully saturated rings.